The molecule has 2 aromatic rings. The minimum Gasteiger partial charge on any atom is -0.375 e. The number of nitro benzene ring substituents is 1. The van der Waals surface area contributed by atoms with Gasteiger partial charge in [-0.1, -0.05) is 30.3 Å². The van der Waals surface area contributed by atoms with E-state index in [1.165, 1.54) is 12.1 Å². The largest absolute Gasteiger partial charge is 0.375 e. The fraction of sp³-hybridized carbons (Fsp3) is 0.294. The van der Waals surface area contributed by atoms with E-state index in [9.17, 15) is 18.5 Å². The van der Waals surface area contributed by atoms with Crippen molar-refractivity contribution in [1.29, 1.82) is 0 Å². The fourth-order valence-electron chi connectivity index (χ4n) is 2.23. The zero-order chi connectivity index (χ0) is 18.7. The van der Waals surface area contributed by atoms with E-state index in [1.807, 2.05) is 30.3 Å². The summed E-state index contributed by atoms with van der Waals surface area (Å²) >= 11 is 0. The van der Waals surface area contributed by atoms with Crippen molar-refractivity contribution in [1.82, 2.24) is 4.72 Å². The van der Waals surface area contributed by atoms with E-state index in [2.05, 4.69) is 10.0 Å². The van der Waals surface area contributed by atoms with E-state index in [0.29, 0.717) is 6.54 Å². The van der Waals surface area contributed by atoms with Crippen LogP contribution in [0.2, 0.25) is 0 Å². The Hall–Kier alpha value is -2.45. The second kappa shape index (κ2) is 7.20. The molecule has 2 aromatic carbocycles. The number of nitro groups is 1. The SMILES string of the molecule is CC(C)(C)NS(=O)(=O)c1ccc(NCc2ccccc2)c([N+](=O)[O-])c1. The molecule has 0 saturated carbocycles. The average Bonchev–Trinajstić information content (AvgIpc) is 2.51. The van der Waals surface area contributed by atoms with Gasteiger partial charge in [-0.2, -0.15) is 0 Å². The van der Waals surface area contributed by atoms with E-state index in [1.54, 1.807) is 20.8 Å². The topological polar surface area (TPSA) is 101 Å². The van der Waals surface area contributed by atoms with Crippen molar-refractivity contribution in [3.63, 3.8) is 0 Å². The minimum absolute atomic E-state index is 0.139. The first-order chi connectivity index (χ1) is 11.6. The molecule has 0 saturated heterocycles. The molecular weight excluding hydrogens is 342 g/mol. The Labute approximate surface area is 147 Å². The van der Waals surface area contributed by atoms with Crippen LogP contribution in [0.4, 0.5) is 11.4 Å². The normalized spacial score (nSPS) is 12.0. The first-order valence-corrected chi connectivity index (χ1v) is 9.17. The van der Waals surface area contributed by atoms with Gasteiger partial charge in [0.1, 0.15) is 5.69 Å². The molecular formula is C17H21N3O4S. The molecule has 8 heteroatoms. The van der Waals surface area contributed by atoms with Gasteiger partial charge in [-0.3, -0.25) is 10.1 Å². The maximum atomic E-state index is 12.4. The predicted molar refractivity (Wildman–Crippen MR) is 96.9 cm³/mol. The van der Waals surface area contributed by atoms with Gasteiger partial charge in [0.05, 0.1) is 9.82 Å². The molecule has 0 aliphatic carbocycles. The molecule has 0 aliphatic heterocycles. The zero-order valence-electron chi connectivity index (χ0n) is 14.3. The Balaban J connectivity index is 2.30. The highest BCUT2D eigenvalue weighted by Gasteiger charge is 2.25. The molecule has 0 atom stereocenters. The second-order valence-corrected chi connectivity index (χ2v) is 8.31. The Kier molecular flexibility index (Phi) is 5.44. The lowest BCUT2D eigenvalue weighted by atomic mass is 10.1. The Morgan fingerprint density at radius 3 is 2.28 bits per heavy atom. The van der Waals surface area contributed by atoms with Crippen molar-refractivity contribution in [2.45, 2.75) is 37.8 Å². The van der Waals surface area contributed by atoms with Crippen molar-refractivity contribution in [2.75, 3.05) is 5.32 Å². The Bertz CT molecular complexity index is 859. The molecule has 0 spiro atoms. The maximum absolute atomic E-state index is 12.4. The van der Waals surface area contributed by atoms with Crippen LogP contribution in [-0.2, 0) is 16.6 Å². The van der Waals surface area contributed by atoms with Gasteiger partial charge in [0.25, 0.3) is 5.69 Å². The van der Waals surface area contributed by atoms with Gasteiger partial charge in [-0.15, -0.1) is 0 Å². The summed E-state index contributed by atoms with van der Waals surface area (Å²) in [5, 5.41) is 14.3. The van der Waals surface area contributed by atoms with Gasteiger partial charge in [0, 0.05) is 18.2 Å². The van der Waals surface area contributed by atoms with Gasteiger partial charge in [0.2, 0.25) is 10.0 Å². The lowest BCUT2D eigenvalue weighted by Gasteiger charge is -2.20. The number of anilines is 1. The number of nitrogens with zero attached hydrogens (tertiary/aromatic N) is 1. The first kappa shape index (κ1) is 18.9. The van der Waals surface area contributed by atoms with Crippen molar-refractivity contribution in [3.05, 3.63) is 64.2 Å². The summed E-state index contributed by atoms with van der Waals surface area (Å²) in [4.78, 5) is 10.6. The molecule has 25 heavy (non-hydrogen) atoms. The third-order valence-electron chi connectivity index (χ3n) is 3.24. The highest BCUT2D eigenvalue weighted by Crippen LogP contribution is 2.28. The average molecular weight is 363 g/mol. The molecule has 7 nitrogen and oxygen atoms in total. The Morgan fingerprint density at radius 1 is 1.08 bits per heavy atom. The lowest BCUT2D eigenvalue weighted by Crippen LogP contribution is -2.40. The monoisotopic (exact) mass is 363 g/mol. The lowest BCUT2D eigenvalue weighted by molar-refractivity contribution is -0.384. The molecule has 0 fully saturated rings. The van der Waals surface area contributed by atoms with Crippen LogP contribution in [0.15, 0.2) is 53.4 Å². The number of rotatable bonds is 6. The molecule has 0 heterocycles. The number of hydrogen-bond donors (Lipinski definition) is 2. The van der Waals surface area contributed by atoms with Crippen molar-refractivity contribution < 1.29 is 13.3 Å². The summed E-state index contributed by atoms with van der Waals surface area (Å²) < 4.78 is 27.2. The molecule has 0 aromatic heterocycles. The van der Waals surface area contributed by atoms with Gasteiger partial charge in [-0.05, 0) is 38.5 Å². The summed E-state index contributed by atoms with van der Waals surface area (Å²) in [5.74, 6) is 0. The number of sulfonamides is 1. The predicted octanol–water partition coefficient (Wildman–Crippen LogP) is 3.28. The molecule has 0 aliphatic rings. The third-order valence-corrected chi connectivity index (χ3v) is 5.00. The van der Waals surface area contributed by atoms with Crippen molar-refractivity contribution >= 4 is 21.4 Å². The number of hydrogen-bond acceptors (Lipinski definition) is 5. The standard InChI is InChI=1S/C17H21N3O4S/c1-17(2,3)19-25(23,24)14-9-10-15(16(11-14)20(21)22)18-12-13-7-5-4-6-8-13/h4-11,18-19H,12H2,1-3H3. The van der Waals surface area contributed by atoms with Crippen LogP contribution in [0.5, 0.6) is 0 Å². The smallest absolute Gasteiger partial charge is 0.293 e. The summed E-state index contributed by atoms with van der Waals surface area (Å²) in [7, 11) is -3.84. The number of nitrogens with one attached hydrogen (secondary N) is 2. The van der Waals surface area contributed by atoms with Crippen LogP contribution in [0, 0.1) is 10.1 Å². The molecule has 2 N–H and O–H groups in total. The molecule has 0 bridgehead atoms. The third kappa shape index (κ3) is 5.27. The highest BCUT2D eigenvalue weighted by atomic mass is 32.2. The summed E-state index contributed by atoms with van der Waals surface area (Å²) in [6.07, 6.45) is 0. The zero-order valence-corrected chi connectivity index (χ0v) is 15.1. The van der Waals surface area contributed by atoms with E-state index in [4.69, 9.17) is 0 Å². The minimum atomic E-state index is -3.84. The highest BCUT2D eigenvalue weighted by molar-refractivity contribution is 7.89. The van der Waals surface area contributed by atoms with Crippen LogP contribution in [-0.4, -0.2) is 18.9 Å². The number of benzene rings is 2. The van der Waals surface area contributed by atoms with Crippen LogP contribution in [0.3, 0.4) is 0 Å². The maximum Gasteiger partial charge on any atom is 0.293 e. The molecule has 0 radical (unpaired) electrons. The van der Waals surface area contributed by atoms with Crippen molar-refractivity contribution in [3.8, 4) is 0 Å². The van der Waals surface area contributed by atoms with Crippen LogP contribution < -0.4 is 10.0 Å². The van der Waals surface area contributed by atoms with E-state index >= 15 is 0 Å². The molecule has 134 valence electrons. The molecule has 0 unspecified atom stereocenters. The van der Waals surface area contributed by atoms with Crippen LogP contribution >= 0.6 is 0 Å². The fourth-order valence-corrected chi connectivity index (χ4v) is 3.67. The van der Waals surface area contributed by atoms with Crippen molar-refractivity contribution in [2.24, 2.45) is 0 Å². The van der Waals surface area contributed by atoms with E-state index < -0.39 is 20.5 Å². The first-order valence-electron chi connectivity index (χ1n) is 7.69. The van der Waals surface area contributed by atoms with Crippen LogP contribution in [0.1, 0.15) is 26.3 Å². The van der Waals surface area contributed by atoms with Gasteiger partial charge >= 0.3 is 0 Å². The van der Waals surface area contributed by atoms with E-state index in [0.717, 1.165) is 11.6 Å². The summed E-state index contributed by atoms with van der Waals surface area (Å²) in [6, 6.07) is 13.3. The van der Waals surface area contributed by atoms with E-state index in [-0.39, 0.29) is 16.3 Å². The second-order valence-electron chi connectivity index (χ2n) is 6.63. The summed E-state index contributed by atoms with van der Waals surface area (Å²) in [6.45, 7) is 5.51. The van der Waals surface area contributed by atoms with Gasteiger partial charge in [0.15, 0.2) is 0 Å². The molecule has 2 rings (SSSR count). The van der Waals surface area contributed by atoms with Crippen LogP contribution in [0.25, 0.3) is 0 Å². The Morgan fingerprint density at radius 2 is 1.72 bits per heavy atom. The van der Waals surface area contributed by atoms with Gasteiger partial charge in [-0.25, -0.2) is 13.1 Å². The quantitative estimate of drug-likeness (QED) is 0.606. The van der Waals surface area contributed by atoms with Gasteiger partial charge < -0.3 is 5.32 Å². The molecule has 0 amide bonds. The summed E-state index contributed by atoms with van der Waals surface area (Å²) in [5.41, 5.74) is 0.261.